The Kier molecular flexibility index (Phi) is 4.54. The van der Waals surface area contributed by atoms with Gasteiger partial charge in [-0.05, 0) is 24.6 Å². The number of aromatic nitrogens is 1. The second-order valence-electron chi connectivity index (χ2n) is 6.61. The van der Waals surface area contributed by atoms with E-state index >= 15 is 0 Å². The molecule has 0 aliphatic carbocycles. The van der Waals surface area contributed by atoms with Crippen molar-refractivity contribution in [2.24, 2.45) is 0 Å². The molecule has 2 aromatic carbocycles. The van der Waals surface area contributed by atoms with E-state index in [1.54, 1.807) is 11.0 Å². The van der Waals surface area contributed by atoms with E-state index in [0.717, 1.165) is 16.5 Å². The summed E-state index contributed by atoms with van der Waals surface area (Å²) in [7, 11) is 0. The number of carbonyl (C=O) groups is 2. The molecule has 4 rings (SSSR count). The van der Waals surface area contributed by atoms with Crippen LogP contribution in [-0.4, -0.2) is 34.8 Å². The highest BCUT2D eigenvalue weighted by molar-refractivity contribution is 6.35. The van der Waals surface area contributed by atoms with Gasteiger partial charge in [0.25, 0.3) is 5.91 Å². The summed E-state index contributed by atoms with van der Waals surface area (Å²) in [4.78, 5) is 31.9. The van der Waals surface area contributed by atoms with E-state index in [2.05, 4.69) is 10.3 Å². The van der Waals surface area contributed by atoms with E-state index in [9.17, 15) is 9.59 Å². The number of nitrogens with one attached hydrogen (secondary N) is 1. The molecule has 0 radical (unpaired) electrons. The van der Waals surface area contributed by atoms with Crippen molar-refractivity contribution >= 4 is 34.3 Å². The van der Waals surface area contributed by atoms with E-state index in [1.807, 2.05) is 55.5 Å². The summed E-state index contributed by atoms with van der Waals surface area (Å²) in [6.45, 7) is 2.78. The number of para-hydroxylation sites is 1. The third-order valence-electron chi connectivity index (χ3n) is 4.72. The fourth-order valence-electron chi connectivity index (χ4n) is 3.45. The van der Waals surface area contributed by atoms with Crippen LogP contribution in [0.15, 0.2) is 54.6 Å². The zero-order valence-electron chi connectivity index (χ0n) is 14.8. The first-order valence-electron chi connectivity index (χ1n) is 8.75. The van der Waals surface area contributed by atoms with E-state index in [-0.39, 0.29) is 17.5 Å². The Balaban J connectivity index is 1.76. The zero-order chi connectivity index (χ0) is 19.0. The highest BCUT2D eigenvalue weighted by Gasteiger charge is 2.35. The minimum absolute atomic E-state index is 0.188. The summed E-state index contributed by atoms with van der Waals surface area (Å²) >= 11 is 6.36. The second kappa shape index (κ2) is 7.00. The third kappa shape index (κ3) is 3.26. The van der Waals surface area contributed by atoms with Crippen molar-refractivity contribution in [1.82, 2.24) is 15.2 Å². The molecule has 5 nitrogen and oxygen atoms in total. The fraction of sp³-hybridized carbons (Fsp3) is 0.190. The maximum Gasteiger partial charge on any atom is 0.273 e. The molecule has 0 bridgehead atoms. The van der Waals surface area contributed by atoms with E-state index in [0.29, 0.717) is 23.6 Å². The average molecular weight is 380 g/mol. The first-order valence-corrected chi connectivity index (χ1v) is 9.13. The smallest absolute Gasteiger partial charge is 0.273 e. The molecule has 0 saturated carbocycles. The first-order chi connectivity index (χ1) is 13.0. The Morgan fingerprint density at radius 2 is 2.00 bits per heavy atom. The van der Waals surface area contributed by atoms with E-state index in [1.165, 1.54) is 0 Å². The van der Waals surface area contributed by atoms with Crippen LogP contribution in [0.5, 0.6) is 0 Å². The van der Waals surface area contributed by atoms with Crippen molar-refractivity contribution in [3.63, 3.8) is 0 Å². The topological polar surface area (TPSA) is 62.3 Å². The number of hydrogen-bond acceptors (Lipinski definition) is 3. The molecule has 1 aliphatic rings. The van der Waals surface area contributed by atoms with Crippen molar-refractivity contribution in [3.8, 4) is 0 Å². The molecule has 6 heteroatoms. The van der Waals surface area contributed by atoms with Gasteiger partial charge in [0.2, 0.25) is 5.91 Å². The van der Waals surface area contributed by atoms with Crippen LogP contribution in [-0.2, 0) is 4.79 Å². The molecular formula is C21H18ClN3O2. The molecular weight excluding hydrogens is 362 g/mol. The van der Waals surface area contributed by atoms with Crippen LogP contribution in [0, 0.1) is 6.92 Å². The Labute approximate surface area is 162 Å². The summed E-state index contributed by atoms with van der Waals surface area (Å²) in [5.74, 6) is -0.490. The molecule has 1 atom stereocenters. The monoisotopic (exact) mass is 379 g/mol. The van der Waals surface area contributed by atoms with Crippen molar-refractivity contribution in [2.45, 2.75) is 13.0 Å². The predicted molar refractivity (Wildman–Crippen MR) is 105 cm³/mol. The van der Waals surface area contributed by atoms with Gasteiger partial charge in [-0.3, -0.25) is 9.59 Å². The molecule has 1 unspecified atom stereocenters. The standard InChI is InChI=1S/C21H18ClN3O2/c1-13-5-4-6-14(11-13)19-20(26)23-9-10-25(19)21(27)18-12-16(22)15-7-2-3-8-17(15)24-18/h2-8,11-12,19H,9-10H2,1H3,(H,23,26). The Morgan fingerprint density at radius 3 is 2.81 bits per heavy atom. The van der Waals surface area contributed by atoms with Crippen LogP contribution in [0.4, 0.5) is 0 Å². The van der Waals surface area contributed by atoms with Gasteiger partial charge in [0.15, 0.2) is 0 Å². The first kappa shape index (κ1) is 17.5. The molecule has 2 amide bonds. The minimum Gasteiger partial charge on any atom is -0.352 e. The van der Waals surface area contributed by atoms with Crippen molar-refractivity contribution in [3.05, 3.63) is 76.4 Å². The number of nitrogens with zero attached hydrogens (tertiary/aromatic N) is 2. The summed E-state index contributed by atoms with van der Waals surface area (Å²) in [5.41, 5.74) is 2.71. The van der Waals surface area contributed by atoms with Gasteiger partial charge in [0.1, 0.15) is 11.7 Å². The number of amides is 2. The number of halogens is 1. The lowest BCUT2D eigenvalue weighted by Crippen LogP contribution is -2.52. The van der Waals surface area contributed by atoms with Gasteiger partial charge in [-0.2, -0.15) is 0 Å². The number of piperazine rings is 1. The van der Waals surface area contributed by atoms with Gasteiger partial charge in [0, 0.05) is 18.5 Å². The van der Waals surface area contributed by atoms with Crippen molar-refractivity contribution in [2.75, 3.05) is 13.1 Å². The van der Waals surface area contributed by atoms with E-state index < -0.39 is 6.04 Å². The molecule has 1 aliphatic heterocycles. The number of hydrogen-bond donors (Lipinski definition) is 1. The maximum atomic E-state index is 13.2. The zero-order valence-corrected chi connectivity index (χ0v) is 15.5. The largest absolute Gasteiger partial charge is 0.352 e. The van der Waals surface area contributed by atoms with Crippen LogP contribution in [0.3, 0.4) is 0 Å². The summed E-state index contributed by atoms with van der Waals surface area (Å²) in [5, 5.41) is 4.11. The Bertz CT molecular complexity index is 1050. The maximum absolute atomic E-state index is 13.2. The molecule has 136 valence electrons. The lowest BCUT2D eigenvalue weighted by Gasteiger charge is -2.35. The van der Waals surface area contributed by atoms with Gasteiger partial charge in [-0.1, -0.05) is 59.6 Å². The molecule has 0 spiro atoms. The lowest BCUT2D eigenvalue weighted by molar-refractivity contribution is -0.128. The normalized spacial score (nSPS) is 17.0. The summed E-state index contributed by atoms with van der Waals surface area (Å²) in [6, 6.07) is 15.9. The Hall–Kier alpha value is -2.92. The SMILES string of the molecule is Cc1cccc(C2C(=O)NCCN2C(=O)c2cc(Cl)c3ccccc3n2)c1. The quantitative estimate of drug-likeness (QED) is 0.741. The third-order valence-corrected chi connectivity index (χ3v) is 5.03. The van der Waals surface area contributed by atoms with Gasteiger partial charge in [-0.15, -0.1) is 0 Å². The van der Waals surface area contributed by atoms with Gasteiger partial charge < -0.3 is 10.2 Å². The number of fused-ring (bicyclic) bond motifs is 1. The lowest BCUT2D eigenvalue weighted by atomic mass is 10.00. The van der Waals surface area contributed by atoms with Crippen LogP contribution in [0.25, 0.3) is 10.9 Å². The molecule has 1 fully saturated rings. The van der Waals surface area contributed by atoms with Crippen LogP contribution < -0.4 is 5.32 Å². The fourth-order valence-corrected chi connectivity index (χ4v) is 3.71. The molecule has 3 aromatic rings. The number of pyridine rings is 1. The number of carbonyl (C=O) groups excluding carboxylic acids is 2. The predicted octanol–water partition coefficient (Wildman–Crippen LogP) is 3.51. The molecule has 1 N–H and O–H groups in total. The Morgan fingerprint density at radius 1 is 1.19 bits per heavy atom. The average Bonchev–Trinajstić information content (AvgIpc) is 2.67. The number of aryl methyl sites for hydroxylation is 1. The number of rotatable bonds is 2. The summed E-state index contributed by atoms with van der Waals surface area (Å²) in [6.07, 6.45) is 0. The van der Waals surface area contributed by atoms with Crippen LogP contribution >= 0.6 is 11.6 Å². The van der Waals surface area contributed by atoms with Crippen LogP contribution in [0.2, 0.25) is 5.02 Å². The molecule has 2 heterocycles. The van der Waals surface area contributed by atoms with Gasteiger partial charge >= 0.3 is 0 Å². The number of benzene rings is 2. The van der Waals surface area contributed by atoms with Crippen molar-refractivity contribution < 1.29 is 9.59 Å². The van der Waals surface area contributed by atoms with Gasteiger partial charge in [0.05, 0.1) is 10.5 Å². The van der Waals surface area contributed by atoms with Crippen molar-refractivity contribution in [1.29, 1.82) is 0 Å². The summed E-state index contributed by atoms with van der Waals surface area (Å²) < 4.78 is 0. The van der Waals surface area contributed by atoms with Gasteiger partial charge in [-0.25, -0.2) is 4.98 Å². The minimum atomic E-state index is -0.682. The molecule has 27 heavy (non-hydrogen) atoms. The molecule has 1 saturated heterocycles. The van der Waals surface area contributed by atoms with Crippen LogP contribution in [0.1, 0.15) is 27.7 Å². The second-order valence-corrected chi connectivity index (χ2v) is 7.02. The van der Waals surface area contributed by atoms with E-state index in [4.69, 9.17) is 11.6 Å². The highest BCUT2D eigenvalue weighted by Crippen LogP contribution is 2.28. The highest BCUT2D eigenvalue weighted by atomic mass is 35.5. The molecule has 1 aromatic heterocycles.